The summed E-state index contributed by atoms with van der Waals surface area (Å²) in [4.78, 5) is 48.1. The van der Waals surface area contributed by atoms with Crippen molar-refractivity contribution in [2.45, 2.75) is 39.8 Å². The summed E-state index contributed by atoms with van der Waals surface area (Å²) in [5.74, 6) is 0.131. The van der Waals surface area contributed by atoms with Crippen LogP contribution in [0.4, 0.5) is 5.69 Å². The molecule has 3 aromatic rings. The summed E-state index contributed by atoms with van der Waals surface area (Å²) >= 11 is 4.62. The number of hydrogen-bond donors (Lipinski definition) is 0. The van der Waals surface area contributed by atoms with E-state index in [1.54, 1.807) is 43.9 Å². The highest BCUT2D eigenvalue weighted by molar-refractivity contribution is 9.10. The molecule has 0 spiro atoms. The van der Waals surface area contributed by atoms with E-state index in [2.05, 4.69) is 20.9 Å². The number of carbonyl (C=O) groups is 2. The molecule has 0 unspecified atom stereocenters. The largest absolute Gasteiger partial charge is 0.497 e. The van der Waals surface area contributed by atoms with E-state index in [0.29, 0.717) is 45.2 Å². The highest BCUT2D eigenvalue weighted by Crippen LogP contribution is 2.39. The van der Waals surface area contributed by atoms with Gasteiger partial charge in [-0.3, -0.25) is 14.2 Å². The molecule has 3 heterocycles. The van der Waals surface area contributed by atoms with Crippen LogP contribution in [0.5, 0.6) is 11.5 Å². The Balaban J connectivity index is 1.87. The van der Waals surface area contributed by atoms with Crippen LogP contribution in [0.1, 0.15) is 44.9 Å². The molecule has 0 saturated heterocycles. The highest BCUT2D eigenvalue weighted by Gasteiger charge is 2.38. The number of thiazole rings is 1. The Kier molecular flexibility index (Phi) is 7.45. The number of nitrogens with zero attached hydrogens (tertiary/aromatic N) is 3. The van der Waals surface area contributed by atoms with Crippen molar-refractivity contribution in [1.82, 2.24) is 4.57 Å². The zero-order valence-corrected chi connectivity index (χ0v) is 25.3. The van der Waals surface area contributed by atoms with Crippen molar-refractivity contribution >= 4 is 50.4 Å². The van der Waals surface area contributed by atoms with E-state index in [9.17, 15) is 14.4 Å². The van der Waals surface area contributed by atoms with E-state index >= 15 is 0 Å². The number of benzene rings is 2. The van der Waals surface area contributed by atoms with Crippen LogP contribution < -0.4 is 29.3 Å². The predicted molar refractivity (Wildman–Crippen MR) is 156 cm³/mol. The van der Waals surface area contributed by atoms with Gasteiger partial charge in [-0.2, -0.15) is 0 Å². The van der Waals surface area contributed by atoms with E-state index in [-0.39, 0.29) is 16.0 Å². The summed E-state index contributed by atoms with van der Waals surface area (Å²) in [6, 6.07) is 9.84. The van der Waals surface area contributed by atoms with Crippen molar-refractivity contribution in [2.75, 3.05) is 25.7 Å². The van der Waals surface area contributed by atoms with Crippen molar-refractivity contribution in [3.05, 3.63) is 83.0 Å². The smallest absolute Gasteiger partial charge is 0.338 e. The Morgan fingerprint density at radius 1 is 1.12 bits per heavy atom. The van der Waals surface area contributed by atoms with E-state index in [0.717, 1.165) is 21.5 Å². The van der Waals surface area contributed by atoms with Crippen LogP contribution in [0.15, 0.2) is 61.9 Å². The minimum Gasteiger partial charge on any atom is -0.497 e. The van der Waals surface area contributed by atoms with Crippen LogP contribution in [-0.4, -0.2) is 43.3 Å². The lowest BCUT2D eigenvalue weighted by atomic mass is 9.94. The lowest BCUT2D eigenvalue weighted by Gasteiger charge is -2.26. The maximum absolute atomic E-state index is 14.3. The minimum absolute atomic E-state index is 0.209. The van der Waals surface area contributed by atoms with E-state index in [1.807, 2.05) is 25.1 Å². The van der Waals surface area contributed by atoms with Crippen molar-refractivity contribution in [2.24, 2.45) is 4.99 Å². The highest BCUT2D eigenvalue weighted by atomic mass is 79.9. The molecule has 5 rings (SSSR count). The third-order valence-electron chi connectivity index (χ3n) is 6.81. The number of amides is 1. The number of halogens is 1. The summed E-state index contributed by atoms with van der Waals surface area (Å²) in [6.45, 7) is 7.56. The zero-order valence-electron chi connectivity index (χ0n) is 22.9. The number of fused-ring (bicyclic) bond motifs is 2. The number of hydrogen-bond acceptors (Lipinski definition) is 8. The summed E-state index contributed by atoms with van der Waals surface area (Å²) in [5.41, 5.74) is 2.42. The number of esters is 1. The fraction of sp³-hybridized carbons (Fsp3) is 0.310. The van der Waals surface area contributed by atoms with Gasteiger partial charge >= 0.3 is 5.97 Å². The number of carbonyl (C=O) groups excluding carboxylic acids is 2. The minimum atomic E-state index is -0.928. The Labute approximate surface area is 243 Å². The van der Waals surface area contributed by atoms with E-state index in [1.165, 1.54) is 18.8 Å². The van der Waals surface area contributed by atoms with Crippen molar-refractivity contribution < 1.29 is 23.8 Å². The normalized spacial score (nSPS) is 17.6. The summed E-state index contributed by atoms with van der Waals surface area (Å²) < 4.78 is 19.2. The maximum Gasteiger partial charge on any atom is 0.338 e. The monoisotopic (exact) mass is 625 g/mol. The van der Waals surface area contributed by atoms with Crippen LogP contribution in [0.3, 0.4) is 0 Å². The third kappa shape index (κ3) is 4.46. The molecule has 2 aromatic carbocycles. The Morgan fingerprint density at radius 2 is 1.88 bits per heavy atom. The second kappa shape index (κ2) is 10.7. The number of rotatable bonds is 6. The molecule has 9 nitrogen and oxygen atoms in total. The lowest BCUT2D eigenvalue weighted by Crippen LogP contribution is -2.41. The van der Waals surface area contributed by atoms with Gasteiger partial charge in [-0.1, -0.05) is 27.3 Å². The number of aromatic nitrogens is 1. The van der Waals surface area contributed by atoms with E-state index in [4.69, 9.17) is 14.2 Å². The first-order valence-corrected chi connectivity index (χ1v) is 14.3. The molecule has 40 heavy (non-hydrogen) atoms. The summed E-state index contributed by atoms with van der Waals surface area (Å²) in [7, 11) is 3.06. The number of ether oxygens (including phenoxy) is 3. The first-order chi connectivity index (χ1) is 19.1. The molecular formula is C29H28BrN3O6S. The Bertz CT molecular complexity index is 1770. The van der Waals surface area contributed by atoms with Crippen molar-refractivity contribution in [1.29, 1.82) is 0 Å². The van der Waals surface area contributed by atoms with Gasteiger partial charge < -0.3 is 19.1 Å². The lowest BCUT2D eigenvalue weighted by molar-refractivity contribution is -0.143. The Hall–Kier alpha value is -3.70. The molecule has 0 N–H and O–H groups in total. The molecule has 1 atom stereocenters. The standard InChI is InChI=1S/C29H28BrN3O6S/c1-7-32-20-10-8-16(30)12-18(20)23(26(32)34)25-27(35)33-24(19-13-17(37-5)9-11-21(19)38-6)22(28(36)39-14(2)3)15(4)31-29(33)40-25/h8-14,24H,7H2,1-6H3/b25-23-/t24-/m1/s1. The number of methoxy groups -OCH3 is 2. The van der Waals surface area contributed by atoms with E-state index < -0.39 is 23.7 Å². The van der Waals surface area contributed by atoms with Gasteiger partial charge in [0.25, 0.3) is 11.5 Å². The molecule has 1 aromatic heterocycles. The molecule has 1 amide bonds. The summed E-state index contributed by atoms with van der Waals surface area (Å²) in [5, 5.41) is 0. The van der Waals surface area contributed by atoms with Crippen molar-refractivity contribution in [3.8, 4) is 11.5 Å². The topological polar surface area (TPSA) is 99.4 Å². The first kappa shape index (κ1) is 27.9. The van der Waals surface area contributed by atoms with Gasteiger partial charge in [0.15, 0.2) is 4.80 Å². The molecule has 2 aliphatic rings. The fourth-order valence-corrected chi connectivity index (χ4v) is 6.59. The molecule has 2 aliphatic heterocycles. The third-order valence-corrected chi connectivity index (χ3v) is 8.36. The second-order valence-corrected chi connectivity index (χ2v) is 11.4. The van der Waals surface area contributed by atoms with Crippen LogP contribution in [-0.2, 0) is 14.3 Å². The molecule has 11 heteroatoms. The second-order valence-electron chi connectivity index (χ2n) is 9.55. The number of allylic oxidation sites excluding steroid dienone is 1. The molecule has 0 aliphatic carbocycles. The number of likely N-dealkylation sites (N-methyl/N-ethyl adjacent to an activating group) is 1. The fourth-order valence-electron chi connectivity index (χ4n) is 5.09. The van der Waals surface area contributed by atoms with Gasteiger partial charge in [-0.05, 0) is 64.1 Å². The quantitative estimate of drug-likeness (QED) is 0.387. The Morgan fingerprint density at radius 3 is 2.52 bits per heavy atom. The predicted octanol–water partition coefficient (Wildman–Crippen LogP) is 3.70. The van der Waals surface area contributed by atoms with Gasteiger partial charge in [0, 0.05) is 22.1 Å². The van der Waals surface area contributed by atoms with Crippen LogP contribution in [0, 0.1) is 0 Å². The average Bonchev–Trinajstić information content (AvgIpc) is 3.38. The maximum atomic E-state index is 14.3. The molecular weight excluding hydrogens is 598 g/mol. The molecule has 0 bridgehead atoms. The van der Waals surface area contributed by atoms with Crippen LogP contribution in [0.25, 0.3) is 5.57 Å². The van der Waals surface area contributed by atoms with Crippen molar-refractivity contribution in [3.63, 3.8) is 0 Å². The molecule has 0 fully saturated rings. The van der Waals surface area contributed by atoms with Crippen LogP contribution >= 0.6 is 27.3 Å². The molecule has 208 valence electrons. The summed E-state index contributed by atoms with van der Waals surface area (Å²) in [6.07, 6.45) is -0.390. The van der Waals surface area contributed by atoms with Gasteiger partial charge in [-0.25, -0.2) is 9.79 Å². The number of anilines is 1. The van der Waals surface area contributed by atoms with Crippen LogP contribution in [0.2, 0.25) is 0 Å². The average molecular weight is 627 g/mol. The molecule has 0 radical (unpaired) electrons. The van der Waals surface area contributed by atoms with Gasteiger partial charge in [0.05, 0.1) is 42.9 Å². The van der Waals surface area contributed by atoms with Gasteiger partial charge in [-0.15, -0.1) is 0 Å². The molecule has 0 saturated carbocycles. The van der Waals surface area contributed by atoms with Gasteiger partial charge in [0.1, 0.15) is 22.1 Å². The first-order valence-electron chi connectivity index (χ1n) is 12.7. The van der Waals surface area contributed by atoms with Gasteiger partial charge in [0.2, 0.25) is 0 Å². The SMILES string of the molecule is CCN1C(=O)/C(=c2\sc3n(c2=O)[C@H](c2cc(OC)ccc2OC)C(C(=O)OC(C)C)=C(C)N=3)c2cc(Br)ccc21. The zero-order chi connectivity index (χ0) is 28.9.